The highest BCUT2D eigenvalue weighted by molar-refractivity contribution is 7.58. The number of hydrogen-bond acceptors (Lipinski definition) is 3. The highest BCUT2D eigenvalue weighted by Gasteiger charge is 2.29. The standard InChI is InChI=1S/C26H40NO3P/c1-2-3-4-5-6-7-9-13-23-16-18-24(19-17-23)22-27-20-12-21-31(29,30)26(28)25-14-10-8-11-15-25/h8,10-11,14-19,26-28H,2-7,9,12-13,20-22H2,1H3,(H,29,30). The smallest absolute Gasteiger partial charge is 0.232 e. The second kappa shape index (κ2) is 14.6. The fourth-order valence-corrected chi connectivity index (χ4v) is 5.25. The van der Waals surface area contributed by atoms with Crippen molar-refractivity contribution in [1.29, 1.82) is 0 Å². The first kappa shape index (κ1) is 25.8. The molecule has 2 aromatic rings. The SMILES string of the molecule is CCCCCCCCCc1ccc(CNCCCP(=O)(O)C(O)c2ccccc2)cc1. The number of benzene rings is 2. The van der Waals surface area contributed by atoms with Crippen molar-refractivity contribution in [3.05, 3.63) is 71.3 Å². The van der Waals surface area contributed by atoms with Gasteiger partial charge in [0.1, 0.15) is 0 Å². The van der Waals surface area contributed by atoms with Gasteiger partial charge in [-0.3, -0.25) is 4.57 Å². The van der Waals surface area contributed by atoms with Crippen LogP contribution in [0, 0.1) is 0 Å². The molecule has 2 aromatic carbocycles. The molecule has 0 aliphatic rings. The lowest BCUT2D eigenvalue weighted by atomic mass is 10.0. The van der Waals surface area contributed by atoms with E-state index >= 15 is 0 Å². The van der Waals surface area contributed by atoms with Crippen LogP contribution in [-0.2, 0) is 17.5 Å². The molecule has 0 saturated heterocycles. The Balaban J connectivity index is 1.59. The van der Waals surface area contributed by atoms with Crippen molar-refractivity contribution >= 4 is 7.37 Å². The van der Waals surface area contributed by atoms with Gasteiger partial charge in [0.25, 0.3) is 0 Å². The van der Waals surface area contributed by atoms with Crippen LogP contribution in [0.15, 0.2) is 54.6 Å². The van der Waals surface area contributed by atoms with Crippen molar-refractivity contribution in [3.63, 3.8) is 0 Å². The predicted molar refractivity (Wildman–Crippen MR) is 131 cm³/mol. The molecule has 0 aliphatic carbocycles. The van der Waals surface area contributed by atoms with Gasteiger partial charge in [0.15, 0.2) is 5.85 Å². The molecule has 31 heavy (non-hydrogen) atoms. The molecule has 2 rings (SSSR count). The minimum Gasteiger partial charge on any atom is -0.378 e. The lowest BCUT2D eigenvalue weighted by molar-refractivity contribution is 0.234. The maximum atomic E-state index is 12.4. The summed E-state index contributed by atoms with van der Waals surface area (Å²) in [6, 6.07) is 17.5. The summed E-state index contributed by atoms with van der Waals surface area (Å²) in [5.74, 6) is -1.31. The molecule has 3 N–H and O–H groups in total. The van der Waals surface area contributed by atoms with Gasteiger partial charge in [0.05, 0.1) is 0 Å². The third-order valence-corrected chi connectivity index (χ3v) is 7.75. The Kier molecular flexibility index (Phi) is 12.1. The van der Waals surface area contributed by atoms with Gasteiger partial charge >= 0.3 is 0 Å². The minimum atomic E-state index is -3.63. The van der Waals surface area contributed by atoms with Crippen LogP contribution in [0.4, 0.5) is 0 Å². The third-order valence-electron chi connectivity index (χ3n) is 5.73. The maximum Gasteiger partial charge on any atom is 0.232 e. The Morgan fingerprint density at radius 2 is 1.45 bits per heavy atom. The summed E-state index contributed by atoms with van der Waals surface area (Å²) in [6.07, 6.45) is 11.2. The zero-order valence-corrected chi connectivity index (χ0v) is 19.9. The molecule has 0 bridgehead atoms. The quantitative estimate of drug-likeness (QED) is 0.206. The van der Waals surface area contributed by atoms with E-state index < -0.39 is 13.2 Å². The lowest BCUT2D eigenvalue weighted by Gasteiger charge is -2.18. The van der Waals surface area contributed by atoms with Crippen LogP contribution in [0.1, 0.15) is 80.8 Å². The van der Waals surface area contributed by atoms with E-state index in [1.807, 2.05) is 6.07 Å². The van der Waals surface area contributed by atoms with Gasteiger partial charge < -0.3 is 15.3 Å². The fraction of sp³-hybridized carbons (Fsp3) is 0.538. The molecule has 172 valence electrons. The van der Waals surface area contributed by atoms with Crippen LogP contribution in [-0.4, -0.2) is 22.7 Å². The van der Waals surface area contributed by atoms with Crippen LogP contribution in [0.25, 0.3) is 0 Å². The Morgan fingerprint density at radius 3 is 2.13 bits per heavy atom. The Hall–Kier alpha value is -1.45. The molecule has 0 fully saturated rings. The van der Waals surface area contributed by atoms with Crippen molar-refractivity contribution in [2.75, 3.05) is 12.7 Å². The minimum absolute atomic E-state index is 0.105. The highest BCUT2D eigenvalue weighted by Crippen LogP contribution is 2.54. The molecule has 2 atom stereocenters. The summed E-state index contributed by atoms with van der Waals surface area (Å²) in [4.78, 5) is 10.2. The van der Waals surface area contributed by atoms with E-state index in [4.69, 9.17) is 0 Å². The van der Waals surface area contributed by atoms with Crippen LogP contribution >= 0.6 is 7.37 Å². The Labute approximate surface area is 188 Å². The van der Waals surface area contributed by atoms with Crippen LogP contribution in [0.2, 0.25) is 0 Å². The molecule has 0 aromatic heterocycles. The molecule has 0 aliphatic heterocycles. The number of aryl methyl sites for hydroxylation is 1. The van der Waals surface area contributed by atoms with Crippen LogP contribution in [0.5, 0.6) is 0 Å². The molecule has 0 spiro atoms. The number of unbranched alkanes of at least 4 members (excludes halogenated alkanes) is 6. The first-order chi connectivity index (χ1) is 15.0. The van der Waals surface area contributed by atoms with E-state index in [-0.39, 0.29) is 6.16 Å². The van der Waals surface area contributed by atoms with Crippen molar-refractivity contribution < 1.29 is 14.6 Å². The largest absolute Gasteiger partial charge is 0.378 e. The van der Waals surface area contributed by atoms with Crippen molar-refractivity contribution in [2.24, 2.45) is 0 Å². The van der Waals surface area contributed by atoms with E-state index in [1.54, 1.807) is 24.3 Å². The predicted octanol–water partition coefficient (Wildman–Crippen LogP) is 6.42. The first-order valence-corrected chi connectivity index (χ1v) is 13.8. The lowest BCUT2D eigenvalue weighted by Crippen LogP contribution is -2.16. The number of rotatable bonds is 16. The first-order valence-electron chi connectivity index (χ1n) is 11.9. The molecular weight excluding hydrogens is 405 g/mol. The monoisotopic (exact) mass is 445 g/mol. The van der Waals surface area contributed by atoms with E-state index in [2.05, 4.69) is 36.5 Å². The van der Waals surface area contributed by atoms with Crippen molar-refractivity contribution in [1.82, 2.24) is 5.32 Å². The molecule has 0 amide bonds. The van der Waals surface area contributed by atoms with Gasteiger partial charge in [0, 0.05) is 12.7 Å². The van der Waals surface area contributed by atoms with Gasteiger partial charge in [-0.05, 0) is 42.5 Å². The van der Waals surface area contributed by atoms with E-state index in [0.29, 0.717) is 18.5 Å². The summed E-state index contributed by atoms with van der Waals surface area (Å²) in [5, 5.41) is 13.5. The zero-order valence-electron chi connectivity index (χ0n) is 19.0. The Morgan fingerprint density at radius 1 is 0.839 bits per heavy atom. The number of aliphatic hydroxyl groups is 1. The van der Waals surface area contributed by atoms with Crippen molar-refractivity contribution in [2.45, 2.75) is 77.1 Å². The average molecular weight is 446 g/mol. The molecule has 0 heterocycles. The number of aliphatic hydroxyl groups excluding tert-OH is 1. The summed E-state index contributed by atoms with van der Waals surface area (Å²) in [5.41, 5.74) is 3.12. The number of hydrogen-bond donors (Lipinski definition) is 3. The third kappa shape index (κ3) is 10.1. The molecule has 2 unspecified atom stereocenters. The van der Waals surface area contributed by atoms with Gasteiger partial charge in [-0.2, -0.15) is 0 Å². The van der Waals surface area contributed by atoms with E-state index in [9.17, 15) is 14.6 Å². The molecule has 0 saturated carbocycles. The van der Waals surface area contributed by atoms with E-state index in [1.165, 1.54) is 56.1 Å². The van der Waals surface area contributed by atoms with Gasteiger partial charge in [-0.1, -0.05) is 100 Å². The molecular formula is C26H40NO3P. The highest BCUT2D eigenvalue weighted by atomic mass is 31.2. The molecule has 4 nitrogen and oxygen atoms in total. The molecule has 0 radical (unpaired) electrons. The van der Waals surface area contributed by atoms with E-state index in [0.717, 1.165) is 13.0 Å². The molecule has 5 heteroatoms. The summed E-state index contributed by atoms with van der Waals surface area (Å²) in [7, 11) is -3.63. The fourth-order valence-electron chi connectivity index (χ4n) is 3.75. The second-order valence-electron chi connectivity index (χ2n) is 8.48. The van der Waals surface area contributed by atoms with Gasteiger partial charge in [0.2, 0.25) is 7.37 Å². The number of nitrogens with one attached hydrogen (secondary N) is 1. The summed E-state index contributed by atoms with van der Waals surface area (Å²) >= 11 is 0. The average Bonchev–Trinajstić information content (AvgIpc) is 2.79. The van der Waals surface area contributed by atoms with Gasteiger partial charge in [-0.25, -0.2) is 0 Å². The van der Waals surface area contributed by atoms with Crippen LogP contribution in [0.3, 0.4) is 0 Å². The second-order valence-corrected chi connectivity index (χ2v) is 10.9. The zero-order chi connectivity index (χ0) is 22.4. The Bertz CT molecular complexity index is 764. The summed E-state index contributed by atoms with van der Waals surface area (Å²) < 4.78 is 12.4. The maximum absolute atomic E-state index is 12.4. The van der Waals surface area contributed by atoms with Crippen molar-refractivity contribution in [3.8, 4) is 0 Å². The van der Waals surface area contributed by atoms with Gasteiger partial charge in [-0.15, -0.1) is 0 Å². The normalized spacial score (nSPS) is 14.3. The topological polar surface area (TPSA) is 69.6 Å². The summed E-state index contributed by atoms with van der Waals surface area (Å²) in [6.45, 7) is 3.64. The van der Waals surface area contributed by atoms with Crippen LogP contribution < -0.4 is 5.32 Å².